The van der Waals surface area contributed by atoms with Crippen LogP contribution in [-0.2, 0) is 6.42 Å². The van der Waals surface area contributed by atoms with Crippen molar-refractivity contribution in [3.8, 4) is 11.5 Å². The first-order chi connectivity index (χ1) is 14.2. The molecular formula is C22H20N6O. The van der Waals surface area contributed by atoms with E-state index in [9.17, 15) is 0 Å². The molecular weight excluding hydrogens is 364 g/mol. The lowest BCUT2D eigenvalue weighted by molar-refractivity contribution is 0.481. The Balaban J connectivity index is 1.30. The molecule has 0 amide bonds. The molecule has 2 aromatic heterocycles. The van der Waals surface area contributed by atoms with E-state index in [0.717, 1.165) is 29.4 Å². The van der Waals surface area contributed by atoms with Crippen LogP contribution < -0.4 is 15.2 Å². The van der Waals surface area contributed by atoms with Crippen LogP contribution in [0.2, 0.25) is 0 Å². The third kappa shape index (κ3) is 3.68. The lowest BCUT2D eigenvalue weighted by Gasteiger charge is -2.19. The van der Waals surface area contributed by atoms with Crippen molar-refractivity contribution in [3.05, 3.63) is 90.4 Å². The third-order valence-electron chi connectivity index (χ3n) is 4.89. The zero-order valence-corrected chi connectivity index (χ0v) is 15.9. The van der Waals surface area contributed by atoms with Crippen LogP contribution in [0.5, 0.6) is 11.5 Å². The minimum absolute atomic E-state index is 0.181. The van der Waals surface area contributed by atoms with E-state index in [1.807, 2.05) is 59.6 Å². The van der Waals surface area contributed by atoms with Gasteiger partial charge in [-0.2, -0.15) is 4.52 Å². The average Bonchev–Trinajstić information content (AvgIpc) is 3.35. The van der Waals surface area contributed by atoms with E-state index in [2.05, 4.69) is 46.0 Å². The van der Waals surface area contributed by atoms with Gasteiger partial charge in [0.25, 0.3) is 0 Å². The second-order valence-corrected chi connectivity index (χ2v) is 7.02. The van der Waals surface area contributed by atoms with E-state index in [-0.39, 0.29) is 6.04 Å². The molecule has 1 atom stereocenters. The van der Waals surface area contributed by atoms with E-state index in [1.165, 1.54) is 11.1 Å². The number of para-hydroxylation sites is 1. The van der Waals surface area contributed by atoms with Gasteiger partial charge in [-0.25, -0.2) is 5.43 Å². The summed E-state index contributed by atoms with van der Waals surface area (Å²) in [7, 11) is 0. The highest BCUT2D eigenvalue weighted by atomic mass is 16.5. The van der Waals surface area contributed by atoms with Gasteiger partial charge in [-0.15, -0.1) is 15.3 Å². The van der Waals surface area contributed by atoms with Crippen molar-refractivity contribution in [1.82, 2.24) is 25.2 Å². The highest BCUT2D eigenvalue weighted by molar-refractivity contribution is 5.49. The molecule has 0 saturated heterocycles. The van der Waals surface area contributed by atoms with Gasteiger partial charge in [-0.1, -0.05) is 30.3 Å². The molecule has 1 N–H and O–H groups in total. The van der Waals surface area contributed by atoms with Gasteiger partial charge in [0.1, 0.15) is 17.8 Å². The van der Waals surface area contributed by atoms with Gasteiger partial charge < -0.3 is 4.74 Å². The summed E-state index contributed by atoms with van der Waals surface area (Å²) >= 11 is 0. The minimum Gasteiger partial charge on any atom is -0.457 e. The SMILES string of the molecule is CC1=CN(c2ccc3nncn3n2)NC1Cc1cccc(Oc2ccccc2)c1. The summed E-state index contributed by atoms with van der Waals surface area (Å²) < 4.78 is 7.63. The van der Waals surface area contributed by atoms with Gasteiger partial charge in [-0.3, -0.25) is 5.01 Å². The van der Waals surface area contributed by atoms with Crippen LogP contribution in [0.1, 0.15) is 12.5 Å². The molecule has 0 spiro atoms. The molecule has 7 heteroatoms. The van der Waals surface area contributed by atoms with Crippen LogP contribution in [-0.4, -0.2) is 25.9 Å². The number of anilines is 1. The molecule has 0 bridgehead atoms. The Hall–Kier alpha value is -3.71. The normalized spacial score (nSPS) is 16.2. The van der Waals surface area contributed by atoms with Crippen molar-refractivity contribution in [3.63, 3.8) is 0 Å². The maximum absolute atomic E-state index is 5.96. The summed E-state index contributed by atoms with van der Waals surface area (Å²) in [6.45, 7) is 2.12. The molecule has 1 aliphatic heterocycles. The highest BCUT2D eigenvalue weighted by Crippen LogP contribution is 2.25. The Bertz CT molecular complexity index is 1170. The fraction of sp³-hybridized carbons (Fsp3) is 0.136. The lowest BCUT2D eigenvalue weighted by atomic mass is 10.0. The van der Waals surface area contributed by atoms with Crippen LogP contribution in [0, 0.1) is 0 Å². The zero-order valence-electron chi connectivity index (χ0n) is 15.9. The van der Waals surface area contributed by atoms with Gasteiger partial charge in [0.15, 0.2) is 11.5 Å². The topological polar surface area (TPSA) is 67.6 Å². The number of hydrogen-bond acceptors (Lipinski definition) is 6. The third-order valence-corrected chi connectivity index (χ3v) is 4.89. The number of hydrogen-bond donors (Lipinski definition) is 1. The Morgan fingerprint density at radius 1 is 1.00 bits per heavy atom. The first-order valence-corrected chi connectivity index (χ1v) is 9.47. The average molecular weight is 384 g/mol. The van der Waals surface area contributed by atoms with Crippen molar-refractivity contribution in [2.45, 2.75) is 19.4 Å². The summed E-state index contributed by atoms with van der Waals surface area (Å²) in [4.78, 5) is 0. The first kappa shape index (κ1) is 17.4. The van der Waals surface area contributed by atoms with Crippen molar-refractivity contribution < 1.29 is 4.74 Å². The predicted molar refractivity (Wildman–Crippen MR) is 111 cm³/mol. The Morgan fingerprint density at radius 2 is 1.86 bits per heavy atom. The monoisotopic (exact) mass is 384 g/mol. The Labute approximate surface area is 168 Å². The molecule has 29 heavy (non-hydrogen) atoms. The molecule has 1 aliphatic rings. The predicted octanol–water partition coefficient (Wildman–Crippen LogP) is 3.76. The lowest BCUT2D eigenvalue weighted by Crippen LogP contribution is -2.37. The molecule has 3 heterocycles. The highest BCUT2D eigenvalue weighted by Gasteiger charge is 2.23. The number of aromatic nitrogens is 4. The molecule has 2 aromatic carbocycles. The van der Waals surface area contributed by atoms with E-state index < -0.39 is 0 Å². The smallest absolute Gasteiger partial charge is 0.177 e. The number of nitrogens with zero attached hydrogens (tertiary/aromatic N) is 5. The number of benzene rings is 2. The number of nitrogens with one attached hydrogen (secondary N) is 1. The van der Waals surface area contributed by atoms with Crippen LogP contribution in [0.3, 0.4) is 0 Å². The summed E-state index contributed by atoms with van der Waals surface area (Å²) in [5, 5.41) is 14.4. The molecule has 0 radical (unpaired) electrons. The van der Waals surface area contributed by atoms with E-state index in [1.54, 1.807) is 10.8 Å². The fourth-order valence-corrected chi connectivity index (χ4v) is 3.38. The van der Waals surface area contributed by atoms with Gasteiger partial charge in [0.05, 0.1) is 6.04 Å². The van der Waals surface area contributed by atoms with Crippen molar-refractivity contribution >= 4 is 11.5 Å². The molecule has 7 nitrogen and oxygen atoms in total. The van der Waals surface area contributed by atoms with Crippen molar-refractivity contribution in [2.75, 3.05) is 5.01 Å². The molecule has 0 fully saturated rings. The first-order valence-electron chi connectivity index (χ1n) is 9.47. The van der Waals surface area contributed by atoms with Crippen LogP contribution in [0.4, 0.5) is 5.82 Å². The van der Waals surface area contributed by atoms with Crippen LogP contribution >= 0.6 is 0 Å². The summed E-state index contributed by atoms with van der Waals surface area (Å²) in [5.41, 5.74) is 6.68. The van der Waals surface area contributed by atoms with Gasteiger partial charge in [0.2, 0.25) is 0 Å². The zero-order chi connectivity index (χ0) is 19.6. The summed E-state index contributed by atoms with van der Waals surface area (Å²) in [6.07, 6.45) is 4.52. The Morgan fingerprint density at radius 3 is 2.76 bits per heavy atom. The quantitative estimate of drug-likeness (QED) is 0.565. The van der Waals surface area contributed by atoms with Crippen molar-refractivity contribution in [1.29, 1.82) is 0 Å². The largest absolute Gasteiger partial charge is 0.457 e. The van der Waals surface area contributed by atoms with E-state index in [4.69, 9.17) is 4.74 Å². The molecule has 4 aromatic rings. The van der Waals surface area contributed by atoms with Gasteiger partial charge >= 0.3 is 0 Å². The molecule has 0 saturated carbocycles. The second-order valence-electron chi connectivity index (χ2n) is 7.02. The number of ether oxygens (including phenoxy) is 1. The molecule has 0 aliphatic carbocycles. The van der Waals surface area contributed by atoms with Crippen LogP contribution in [0.15, 0.2) is 84.8 Å². The minimum atomic E-state index is 0.181. The summed E-state index contributed by atoms with van der Waals surface area (Å²) in [5.74, 6) is 2.46. The number of fused-ring (bicyclic) bond motifs is 1. The molecule has 144 valence electrons. The number of hydrazine groups is 1. The van der Waals surface area contributed by atoms with Gasteiger partial charge in [-0.05, 0) is 60.9 Å². The van der Waals surface area contributed by atoms with E-state index >= 15 is 0 Å². The van der Waals surface area contributed by atoms with E-state index in [0.29, 0.717) is 0 Å². The molecule has 1 unspecified atom stereocenters. The maximum Gasteiger partial charge on any atom is 0.177 e. The fourth-order valence-electron chi connectivity index (χ4n) is 3.38. The van der Waals surface area contributed by atoms with Gasteiger partial charge in [0, 0.05) is 6.20 Å². The Kier molecular flexibility index (Phi) is 4.42. The molecule has 5 rings (SSSR count). The van der Waals surface area contributed by atoms with Crippen molar-refractivity contribution in [2.24, 2.45) is 0 Å². The second kappa shape index (κ2) is 7.37. The maximum atomic E-state index is 5.96. The van der Waals surface area contributed by atoms with Crippen LogP contribution in [0.25, 0.3) is 5.65 Å². The standard InChI is InChI=1S/C22H20N6O/c1-16-14-27(22-11-10-21-24-23-15-28(21)26-22)25-20(16)13-17-6-5-9-19(12-17)29-18-7-3-2-4-8-18/h2-12,14-15,20,25H,13H2,1H3. The summed E-state index contributed by atoms with van der Waals surface area (Å²) in [6, 6.07) is 22.0. The number of rotatable bonds is 5.